The number of methoxy groups -OCH3 is 1. The molecule has 4 rings (SSSR count). The van der Waals surface area contributed by atoms with Crippen molar-refractivity contribution < 1.29 is 28.6 Å². The quantitative estimate of drug-likeness (QED) is 0.357. The number of benzene rings is 3. The van der Waals surface area contributed by atoms with Crippen LogP contribution in [0.15, 0.2) is 96.7 Å². The maximum atomic E-state index is 12.6. The molecule has 0 spiro atoms. The van der Waals surface area contributed by atoms with Crippen molar-refractivity contribution in [3.05, 3.63) is 113 Å². The Labute approximate surface area is 221 Å². The monoisotopic (exact) mass is 514 g/mol. The zero-order valence-electron chi connectivity index (χ0n) is 21.1. The minimum Gasteiger partial charge on any atom is -0.489 e. The van der Waals surface area contributed by atoms with E-state index in [0.29, 0.717) is 24.5 Å². The van der Waals surface area contributed by atoms with Gasteiger partial charge in [-0.15, -0.1) is 0 Å². The van der Waals surface area contributed by atoms with Gasteiger partial charge in [0.15, 0.2) is 0 Å². The molecule has 0 saturated heterocycles. The number of esters is 2. The number of nitrogens with one attached hydrogen (secondary N) is 2. The van der Waals surface area contributed by atoms with Gasteiger partial charge in [-0.05, 0) is 28.8 Å². The lowest BCUT2D eigenvalue weighted by atomic mass is 10.0. The van der Waals surface area contributed by atoms with Gasteiger partial charge in [-0.25, -0.2) is 4.79 Å². The van der Waals surface area contributed by atoms with E-state index in [2.05, 4.69) is 10.6 Å². The number of hydrogen-bond donors (Lipinski definition) is 2. The van der Waals surface area contributed by atoms with E-state index < -0.39 is 24.0 Å². The molecule has 0 aliphatic carbocycles. The summed E-state index contributed by atoms with van der Waals surface area (Å²) in [6, 6.07) is 25.2. The van der Waals surface area contributed by atoms with Crippen LogP contribution in [0.5, 0.6) is 5.75 Å². The van der Waals surface area contributed by atoms with Crippen LogP contribution >= 0.6 is 0 Å². The van der Waals surface area contributed by atoms with Crippen molar-refractivity contribution in [2.75, 3.05) is 7.11 Å². The van der Waals surface area contributed by atoms with E-state index in [-0.39, 0.29) is 18.9 Å². The van der Waals surface area contributed by atoms with Crippen molar-refractivity contribution in [3.63, 3.8) is 0 Å². The molecule has 0 aromatic heterocycles. The molecule has 196 valence electrons. The Hall–Kier alpha value is -4.59. The molecular weight excluding hydrogens is 484 g/mol. The van der Waals surface area contributed by atoms with Crippen LogP contribution in [0.25, 0.3) is 0 Å². The SMILES string of the molecule is COC(=O)[C@H](Cc1ccc(OCc2ccccc2)cc1)NC1=CC(=O)N[C@H]1CC(=O)OCc1ccccc1. The Kier molecular flexibility index (Phi) is 9.12. The average Bonchev–Trinajstić information content (AvgIpc) is 3.29. The molecule has 3 aromatic carbocycles. The van der Waals surface area contributed by atoms with Gasteiger partial charge in [-0.3, -0.25) is 9.59 Å². The molecule has 3 aromatic rings. The highest BCUT2D eigenvalue weighted by Crippen LogP contribution is 2.18. The van der Waals surface area contributed by atoms with Crippen LogP contribution in [0.1, 0.15) is 23.1 Å². The molecule has 0 bridgehead atoms. The highest BCUT2D eigenvalue weighted by molar-refractivity contribution is 5.92. The molecule has 38 heavy (non-hydrogen) atoms. The van der Waals surface area contributed by atoms with Gasteiger partial charge in [0, 0.05) is 18.2 Å². The Morgan fingerprint density at radius 1 is 0.868 bits per heavy atom. The number of amides is 1. The summed E-state index contributed by atoms with van der Waals surface area (Å²) in [5.41, 5.74) is 3.24. The fraction of sp³-hybridized carbons (Fsp3) is 0.233. The van der Waals surface area contributed by atoms with Crippen LogP contribution in [0.2, 0.25) is 0 Å². The molecule has 8 heteroatoms. The van der Waals surface area contributed by atoms with E-state index in [1.165, 1.54) is 13.2 Å². The molecule has 1 heterocycles. The van der Waals surface area contributed by atoms with Crippen molar-refractivity contribution in [3.8, 4) is 5.75 Å². The van der Waals surface area contributed by atoms with E-state index in [4.69, 9.17) is 14.2 Å². The van der Waals surface area contributed by atoms with Gasteiger partial charge in [0.25, 0.3) is 0 Å². The molecule has 2 N–H and O–H groups in total. The fourth-order valence-corrected chi connectivity index (χ4v) is 4.03. The summed E-state index contributed by atoms with van der Waals surface area (Å²) in [5.74, 6) is -0.589. The van der Waals surface area contributed by atoms with Gasteiger partial charge < -0.3 is 24.8 Å². The maximum Gasteiger partial charge on any atom is 0.328 e. The summed E-state index contributed by atoms with van der Waals surface area (Å²) in [4.78, 5) is 37.1. The summed E-state index contributed by atoms with van der Waals surface area (Å²) in [6.07, 6.45) is 1.59. The van der Waals surface area contributed by atoms with Crippen LogP contribution in [-0.4, -0.2) is 37.0 Å². The highest BCUT2D eigenvalue weighted by Gasteiger charge is 2.30. The van der Waals surface area contributed by atoms with E-state index in [0.717, 1.165) is 16.7 Å². The van der Waals surface area contributed by atoms with Crippen LogP contribution in [0.4, 0.5) is 0 Å². The van der Waals surface area contributed by atoms with E-state index >= 15 is 0 Å². The number of carbonyl (C=O) groups excluding carboxylic acids is 3. The third-order valence-electron chi connectivity index (χ3n) is 6.03. The zero-order chi connectivity index (χ0) is 26.7. The highest BCUT2D eigenvalue weighted by atomic mass is 16.5. The average molecular weight is 515 g/mol. The lowest BCUT2D eigenvalue weighted by Gasteiger charge is -2.22. The molecular formula is C30H30N2O6. The first kappa shape index (κ1) is 26.5. The van der Waals surface area contributed by atoms with Gasteiger partial charge in [0.05, 0.1) is 19.6 Å². The lowest BCUT2D eigenvalue weighted by molar-refractivity contribution is -0.145. The lowest BCUT2D eigenvalue weighted by Crippen LogP contribution is -2.43. The summed E-state index contributed by atoms with van der Waals surface area (Å²) < 4.78 is 16.2. The predicted octanol–water partition coefficient (Wildman–Crippen LogP) is 3.46. The Balaban J connectivity index is 1.34. The van der Waals surface area contributed by atoms with Crippen LogP contribution in [0.3, 0.4) is 0 Å². The second-order valence-corrected chi connectivity index (χ2v) is 8.85. The van der Waals surface area contributed by atoms with Gasteiger partial charge in [0.2, 0.25) is 5.91 Å². The Morgan fingerprint density at radius 2 is 1.50 bits per heavy atom. The summed E-state index contributed by atoms with van der Waals surface area (Å²) in [5, 5.41) is 5.83. The van der Waals surface area contributed by atoms with Crippen molar-refractivity contribution in [1.82, 2.24) is 10.6 Å². The third kappa shape index (κ3) is 7.70. The molecule has 8 nitrogen and oxygen atoms in total. The van der Waals surface area contributed by atoms with Gasteiger partial charge in [0.1, 0.15) is 25.0 Å². The van der Waals surface area contributed by atoms with E-state index in [9.17, 15) is 14.4 Å². The first-order valence-corrected chi connectivity index (χ1v) is 12.3. The fourth-order valence-electron chi connectivity index (χ4n) is 4.03. The third-order valence-corrected chi connectivity index (χ3v) is 6.03. The molecule has 0 unspecified atom stereocenters. The number of hydrogen-bond acceptors (Lipinski definition) is 7. The molecule has 0 fully saturated rings. The van der Waals surface area contributed by atoms with Gasteiger partial charge in [-0.2, -0.15) is 0 Å². The van der Waals surface area contributed by atoms with Crippen LogP contribution in [0, 0.1) is 0 Å². The molecule has 0 radical (unpaired) electrons. The first-order valence-electron chi connectivity index (χ1n) is 12.3. The van der Waals surface area contributed by atoms with Gasteiger partial charge in [-0.1, -0.05) is 72.8 Å². The second kappa shape index (κ2) is 13.1. The summed E-state index contributed by atoms with van der Waals surface area (Å²) in [7, 11) is 1.31. The van der Waals surface area contributed by atoms with Crippen molar-refractivity contribution >= 4 is 17.8 Å². The van der Waals surface area contributed by atoms with Crippen molar-refractivity contribution in [2.24, 2.45) is 0 Å². The normalized spacial score (nSPS) is 15.1. The van der Waals surface area contributed by atoms with E-state index in [1.807, 2.05) is 84.9 Å². The standard InChI is InChI=1S/C30H30N2O6/c1-36-30(35)27(16-21-12-14-24(15-13-21)37-19-22-8-4-2-5-9-22)31-25-17-28(33)32-26(25)18-29(34)38-20-23-10-6-3-7-11-23/h2-15,17,26-27,31H,16,18-20H2,1H3,(H,32,33)/t26-,27-/m0/s1. The van der Waals surface area contributed by atoms with Gasteiger partial charge >= 0.3 is 11.9 Å². The minimum atomic E-state index is -0.766. The first-order chi connectivity index (χ1) is 18.5. The molecule has 1 aliphatic rings. The minimum absolute atomic E-state index is 0.0707. The molecule has 1 aliphatic heterocycles. The topological polar surface area (TPSA) is 103 Å². The van der Waals surface area contributed by atoms with Crippen molar-refractivity contribution in [2.45, 2.75) is 38.1 Å². The maximum absolute atomic E-state index is 12.6. The number of rotatable bonds is 12. The molecule has 1 amide bonds. The van der Waals surface area contributed by atoms with Crippen LogP contribution < -0.4 is 15.4 Å². The largest absolute Gasteiger partial charge is 0.489 e. The summed E-state index contributed by atoms with van der Waals surface area (Å²) >= 11 is 0. The number of ether oxygens (including phenoxy) is 3. The van der Waals surface area contributed by atoms with Crippen molar-refractivity contribution in [1.29, 1.82) is 0 Å². The smallest absolute Gasteiger partial charge is 0.328 e. The molecule has 0 saturated carbocycles. The predicted molar refractivity (Wildman–Crippen MR) is 141 cm³/mol. The van der Waals surface area contributed by atoms with E-state index in [1.54, 1.807) is 0 Å². The second-order valence-electron chi connectivity index (χ2n) is 8.85. The summed E-state index contributed by atoms with van der Waals surface area (Å²) in [6.45, 7) is 0.597. The number of carbonyl (C=O) groups is 3. The zero-order valence-corrected chi connectivity index (χ0v) is 21.1. The Morgan fingerprint density at radius 3 is 2.13 bits per heavy atom. The Bertz CT molecular complexity index is 1260. The molecule has 2 atom stereocenters. The van der Waals surface area contributed by atoms with Crippen LogP contribution in [-0.2, 0) is 43.5 Å².